The summed E-state index contributed by atoms with van der Waals surface area (Å²) in [7, 11) is 0. The molecule has 4 atom stereocenters. The molecule has 0 aromatic rings. The van der Waals surface area contributed by atoms with E-state index in [-0.39, 0.29) is 0 Å². The SMILES string of the molecule is C#C.C=C1CC(CC)(CC)C(CCC)C2CCC3=CCCCC3C12. The van der Waals surface area contributed by atoms with Crippen molar-refractivity contribution in [2.24, 2.45) is 29.1 Å². The second-order valence-electron chi connectivity index (χ2n) is 8.34. The van der Waals surface area contributed by atoms with Gasteiger partial charge in [-0.05, 0) is 86.9 Å². The van der Waals surface area contributed by atoms with Gasteiger partial charge in [0.25, 0.3) is 0 Å². The second kappa shape index (κ2) is 8.42. The van der Waals surface area contributed by atoms with Crippen molar-refractivity contribution in [2.75, 3.05) is 0 Å². The molecule has 0 heterocycles. The molecule has 3 aliphatic carbocycles. The van der Waals surface area contributed by atoms with Crippen molar-refractivity contribution >= 4 is 0 Å². The Labute approximate surface area is 151 Å². The highest BCUT2D eigenvalue weighted by atomic mass is 14.6. The third kappa shape index (κ3) is 3.24. The Morgan fingerprint density at radius 3 is 2.50 bits per heavy atom. The molecule has 0 spiro atoms. The van der Waals surface area contributed by atoms with E-state index in [4.69, 9.17) is 0 Å². The number of hydrogen-bond acceptors (Lipinski definition) is 0. The van der Waals surface area contributed by atoms with E-state index in [1.165, 1.54) is 64.2 Å². The molecule has 0 bridgehead atoms. The Morgan fingerprint density at radius 1 is 1.17 bits per heavy atom. The highest BCUT2D eigenvalue weighted by Crippen LogP contribution is 2.61. The normalized spacial score (nSPS) is 34.2. The van der Waals surface area contributed by atoms with E-state index in [9.17, 15) is 0 Å². The highest BCUT2D eigenvalue weighted by molar-refractivity contribution is 5.25. The Kier molecular flexibility index (Phi) is 6.79. The van der Waals surface area contributed by atoms with Crippen LogP contribution in [0.1, 0.15) is 85.0 Å². The van der Waals surface area contributed by atoms with Crippen LogP contribution in [0.3, 0.4) is 0 Å². The lowest BCUT2D eigenvalue weighted by Crippen LogP contribution is -2.48. The zero-order valence-corrected chi connectivity index (χ0v) is 16.3. The fraction of sp³-hybridized carbons (Fsp3) is 0.750. The monoisotopic (exact) mass is 326 g/mol. The maximum atomic E-state index is 4.65. The van der Waals surface area contributed by atoms with Gasteiger partial charge in [-0.3, -0.25) is 0 Å². The number of allylic oxidation sites excluding steroid dienone is 3. The molecule has 0 N–H and O–H groups in total. The molecule has 0 aromatic carbocycles. The second-order valence-corrected chi connectivity index (χ2v) is 8.34. The number of rotatable bonds is 4. The van der Waals surface area contributed by atoms with Crippen molar-refractivity contribution < 1.29 is 0 Å². The van der Waals surface area contributed by atoms with Crippen LogP contribution in [0.15, 0.2) is 23.8 Å². The largest absolute Gasteiger partial charge is 0.124 e. The first-order valence-corrected chi connectivity index (χ1v) is 10.4. The van der Waals surface area contributed by atoms with Gasteiger partial charge >= 0.3 is 0 Å². The molecule has 3 rings (SSSR count). The molecule has 0 amide bonds. The molecule has 134 valence electrons. The Balaban J connectivity index is 0.00000100. The smallest absolute Gasteiger partial charge is 0.0109 e. The summed E-state index contributed by atoms with van der Waals surface area (Å²) in [6.07, 6.45) is 24.4. The minimum Gasteiger partial charge on any atom is -0.124 e. The Morgan fingerprint density at radius 2 is 1.88 bits per heavy atom. The third-order valence-corrected chi connectivity index (χ3v) is 7.63. The maximum absolute atomic E-state index is 4.65. The van der Waals surface area contributed by atoms with Gasteiger partial charge in [0.1, 0.15) is 0 Å². The summed E-state index contributed by atoms with van der Waals surface area (Å²) < 4.78 is 0. The lowest BCUT2D eigenvalue weighted by molar-refractivity contribution is -0.00768. The van der Waals surface area contributed by atoms with E-state index in [0.29, 0.717) is 5.41 Å². The summed E-state index contributed by atoms with van der Waals surface area (Å²) in [5.41, 5.74) is 3.99. The van der Waals surface area contributed by atoms with Gasteiger partial charge in [-0.2, -0.15) is 0 Å². The van der Waals surface area contributed by atoms with Crippen molar-refractivity contribution in [3.05, 3.63) is 23.8 Å². The van der Waals surface area contributed by atoms with Crippen LogP contribution in [0.4, 0.5) is 0 Å². The van der Waals surface area contributed by atoms with E-state index in [2.05, 4.69) is 46.3 Å². The third-order valence-electron chi connectivity index (χ3n) is 7.63. The van der Waals surface area contributed by atoms with Crippen molar-refractivity contribution in [3.8, 4) is 12.8 Å². The summed E-state index contributed by atoms with van der Waals surface area (Å²) in [6, 6.07) is 0. The van der Waals surface area contributed by atoms with Gasteiger partial charge in [-0.25, -0.2) is 0 Å². The van der Waals surface area contributed by atoms with Gasteiger partial charge in [0, 0.05) is 0 Å². The topological polar surface area (TPSA) is 0 Å². The average molecular weight is 327 g/mol. The minimum absolute atomic E-state index is 0.560. The first kappa shape index (κ1) is 19.4. The summed E-state index contributed by atoms with van der Waals surface area (Å²) in [4.78, 5) is 0. The molecule has 2 fully saturated rings. The number of hydrogen-bond donors (Lipinski definition) is 0. The van der Waals surface area contributed by atoms with E-state index < -0.39 is 0 Å². The standard InChI is InChI=1S/C22H36.C2H2/c1-5-10-20-19-14-13-17-11-8-9-12-18(17)21(19)16(4)15-22(20,6-2)7-3;1-2/h11,18-21H,4-10,12-15H2,1-3H3;1-2H. The van der Waals surface area contributed by atoms with Gasteiger partial charge in [0.2, 0.25) is 0 Å². The quantitative estimate of drug-likeness (QED) is 0.379. The molecule has 0 aliphatic heterocycles. The number of fused-ring (bicyclic) bond motifs is 3. The van der Waals surface area contributed by atoms with Crippen LogP contribution in [-0.4, -0.2) is 0 Å². The Hall–Kier alpha value is -0.960. The van der Waals surface area contributed by atoms with Gasteiger partial charge < -0.3 is 0 Å². The molecule has 0 nitrogen and oxygen atoms in total. The van der Waals surface area contributed by atoms with Crippen LogP contribution in [-0.2, 0) is 0 Å². The lowest BCUT2D eigenvalue weighted by atomic mass is 9.48. The molecular weight excluding hydrogens is 288 g/mol. The van der Waals surface area contributed by atoms with Crippen molar-refractivity contribution in [1.29, 1.82) is 0 Å². The van der Waals surface area contributed by atoms with E-state index in [0.717, 1.165) is 23.7 Å². The molecule has 4 unspecified atom stereocenters. The van der Waals surface area contributed by atoms with E-state index in [1.807, 2.05) is 5.57 Å². The Bertz CT molecular complexity index is 474. The van der Waals surface area contributed by atoms with E-state index in [1.54, 1.807) is 5.57 Å². The molecule has 24 heavy (non-hydrogen) atoms. The van der Waals surface area contributed by atoms with Gasteiger partial charge in [0.15, 0.2) is 0 Å². The maximum Gasteiger partial charge on any atom is -0.0109 e. The van der Waals surface area contributed by atoms with E-state index >= 15 is 0 Å². The highest BCUT2D eigenvalue weighted by Gasteiger charge is 2.51. The molecule has 0 heteroatoms. The van der Waals surface area contributed by atoms with Crippen molar-refractivity contribution in [1.82, 2.24) is 0 Å². The molecule has 0 aromatic heterocycles. The summed E-state index contributed by atoms with van der Waals surface area (Å²) in [5, 5.41) is 0. The first-order chi connectivity index (χ1) is 11.7. The van der Waals surface area contributed by atoms with Crippen molar-refractivity contribution in [2.45, 2.75) is 85.0 Å². The van der Waals surface area contributed by atoms with Crippen LogP contribution < -0.4 is 0 Å². The molecular formula is C24H38. The van der Waals surface area contributed by atoms with Crippen molar-refractivity contribution in [3.63, 3.8) is 0 Å². The van der Waals surface area contributed by atoms with Crippen LogP contribution in [0.2, 0.25) is 0 Å². The van der Waals surface area contributed by atoms with Gasteiger partial charge in [0.05, 0.1) is 0 Å². The fourth-order valence-electron chi connectivity index (χ4n) is 6.52. The number of terminal acetylenes is 1. The fourth-order valence-corrected chi connectivity index (χ4v) is 6.52. The van der Waals surface area contributed by atoms with Gasteiger partial charge in [-0.15, -0.1) is 12.8 Å². The summed E-state index contributed by atoms with van der Waals surface area (Å²) >= 11 is 0. The zero-order chi connectivity index (χ0) is 17.7. The van der Waals surface area contributed by atoms with Crippen LogP contribution >= 0.6 is 0 Å². The predicted molar refractivity (Wildman–Crippen MR) is 107 cm³/mol. The predicted octanol–water partition coefficient (Wildman–Crippen LogP) is 7.17. The first-order valence-electron chi connectivity index (χ1n) is 10.4. The minimum atomic E-state index is 0.560. The van der Waals surface area contributed by atoms with Gasteiger partial charge in [-0.1, -0.05) is 51.0 Å². The zero-order valence-electron chi connectivity index (χ0n) is 16.3. The lowest BCUT2D eigenvalue weighted by Gasteiger charge is -2.57. The average Bonchev–Trinajstić information content (AvgIpc) is 2.65. The molecule has 3 aliphatic rings. The molecule has 0 saturated heterocycles. The molecule has 0 radical (unpaired) electrons. The van der Waals surface area contributed by atoms with Crippen LogP contribution in [0.5, 0.6) is 0 Å². The summed E-state index contributed by atoms with van der Waals surface area (Å²) in [5.74, 6) is 3.57. The van der Waals surface area contributed by atoms with Crippen LogP contribution in [0.25, 0.3) is 0 Å². The van der Waals surface area contributed by atoms with Crippen LogP contribution in [0, 0.1) is 41.9 Å². The molecule has 2 saturated carbocycles. The summed E-state index contributed by atoms with van der Waals surface area (Å²) in [6.45, 7) is 11.9.